The minimum absolute atomic E-state index is 0.630. The molecule has 1 heterocycles. The van der Waals surface area contributed by atoms with Gasteiger partial charge < -0.3 is 10.6 Å². The van der Waals surface area contributed by atoms with Crippen molar-refractivity contribution in [1.82, 2.24) is 4.90 Å². The fourth-order valence-corrected chi connectivity index (χ4v) is 2.66. The molecule has 1 aromatic carbocycles. The van der Waals surface area contributed by atoms with Crippen molar-refractivity contribution < 1.29 is 0 Å². The topological polar surface area (TPSA) is 29.3 Å². The van der Waals surface area contributed by atoms with Gasteiger partial charge >= 0.3 is 0 Å². The number of likely N-dealkylation sites (N-methyl/N-ethyl adjacent to an activating group) is 1. The van der Waals surface area contributed by atoms with Gasteiger partial charge in [-0.1, -0.05) is 12.1 Å². The summed E-state index contributed by atoms with van der Waals surface area (Å²) < 4.78 is 0. The number of benzene rings is 1. The van der Waals surface area contributed by atoms with Gasteiger partial charge in [0.25, 0.3) is 0 Å². The average molecular weight is 204 g/mol. The first-order valence-corrected chi connectivity index (χ1v) is 5.72. The number of nitrogens with zero attached hydrogens (tertiary/aromatic N) is 1. The van der Waals surface area contributed by atoms with E-state index in [-0.39, 0.29) is 0 Å². The third kappa shape index (κ3) is 2.15. The minimum atomic E-state index is 0.630. The van der Waals surface area contributed by atoms with Crippen LogP contribution < -0.4 is 5.73 Å². The van der Waals surface area contributed by atoms with E-state index in [4.69, 9.17) is 5.73 Å². The summed E-state index contributed by atoms with van der Waals surface area (Å²) in [5, 5.41) is 0. The predicted molar refractivity (Wildman–Crippen MR) is 65.1 cm³/mol. The Morgan fingerprint density at radius 2 is 2.20 bits per heavy atom. The predicted octanol–water partition coefficient (Wildman–Crippen LogP) is 2.39. The van der Waals surface area contributed by atoms with Gasteiger partial charge in [0.05, 0.1) is 0 Å². The molecule has 2 heteroatoms. The molecule has 1 atom stereocenters. The molecule has 1 aromatic rings. The highest BCUT2D eigenvalue weighted by Gasteiger charge is 2.21. The van der Waals surface area contributed by atoms with E-state index in [1.54, 1.807) is 0 Å². The van der Waals surface area contributed by atoms with Crippen LogP contribution in [0.2, 0.25) is 0 Å². The Morgan fingerprint density at radius 1 is 1.40 bits per heavy atom. The lowest BCUT2D eigenvalue weighted by Gasteiger charge is -2.31. The zero-order chi connectivity index (χ0) is 10.8. The van der Waals surface area contributed by atoms with Crippen molar-refractivity contribution in [2.75, 3.05) is 25.9 Å². The fraction of sp³-hybridized carbons (Fsp3) is 0.538. The van der Waals surface area contributed by atoms with E-state index < -0.39 is 0 Å². The number of hydrogen-bond donors (Lipinski definition) is 1. The van der Waals surface area contributed by atoms with Crippen LogP contribution in [0.4, 0.5) is 5.69 Å². The Balaban J connectivity index is 2.28. The fourth-order valence-electron chi connectivity index (χ4n) is 2.66. The highest BCUT2D eigenvalue weighted by atomic mass is 15.1. The lowest BCUT2D eigenvalue weighted by molar-refractivity contribution is 0.251. The van der Waals surface area contributed by atoms with Gasteiger partial charge in [-0.2, -0.15) is 0 Å². The van der Waals surface area contributed by atoms with Gasteiger partial charge in [-0.25, -0.2) is 0 Å². The van der Waals surface area contributed by atoms with E-state index in [9.17, 15) is 0 Å². The molecule has 2 nitrogen and oxygen atoms in total. The van der Waals surface area contributed by atoms with Crippen molar-refractivity contribution in [2.45, 2.75) is 25.7 Å². The third-order valence-corrected chi connectivity index (χ3v) is 3.39. The van der Waals surface area contributed by atoms with Gasteiger partial charge in [0, 0.05) is 12.2 Å². The zero-order valence-electron chi connectivity index (χ0n) is 9.66. The van der Waals surface area contributed by atoms with Crippen LogP contribution in [0, 0.1) is 6.92 Å². The minimum Gasteiger partial charge on any atom is -0.398 e. The molecule has 0 saturated carbocycles. The third-order valence-electron chi connectivity index (χ3n) is 3.39. The lowest BCUT2D eigenvalue weighted by atomic mass is 9.87. The second kappa shape index (κ2) is 4.23. The van der Waals surface area contributed by atoms with Gasteiger partial charge in [0.2, 0.25) is 0 Å². The molecule has 1 fully saturated rings. The molecule has 0 amide bonds. The first kappa shape index (κ1) is 10.5. The van der Waals surface area contributed by atoms with Crippen LogP contribution in [0.25, 0.3) is 0 Å². The Bertz CT molecular complexity index is 326. The summed E-state index contributed by atoms with van der Waals surface area (Å²) in [5.74, 6) is 0.630. The van der Waals surface area contributed by atoms with E-state index in [0.29, 0.717) is 5.92 Å². The highest BCUT2D eigenvalue weighted by molar-refractivity contribution is 5.52. The van der Waals surface area contributed by atoms with Gasteiger partial charge in [0.1, 0.15) is 0 Å². The Morgan fingerprint density at radius 3 is 2.87 bits per heavy atom. The van der Waals surface area contributed by atoms with E-state index in [1.165, 1.54) is 30.5 Å². The second-order valence-corrected chi connectivity index (χ2v) is 4.68. The summed E-state index contributed by atoms with van der Waals surface area (Å²) in [6.07, 6.45) is 2.56. The second-order valence-electron chi connectivity index (χ2n) is 4.68. The van der Waals surface area contributed by atoms with Crippen molar-refractivity contribution >= 4 is 5.69 Å². The summed E-state index contributed by atoms with van der Waals surface area (Å²) >= 11 is 0. The Labute approximate surface area is 92.1 Å². The molecule has 0 radical (unpaired) electrons. The molecule has 15 heavy (non-hydrogen) atoms. The summed E-state index contributed by atoms with van der Waals surface area (Å²) in [5.41, 5.74) is 9.77. The smallest absolute Gasteiger partial charge is 0.0352 e. The summed E-state index contributed by atoms with van der Waals surface area (Å²) in [4.78, 5) is 2.40. The highest BCUT2D eigenvalue weighted by Crippen LogP contribution is 2.32. The number of likely N-dealkylation sites (tertiary alicyclic amines) is 1. The van der Waals surface area contributed by atoms with Gasteiger partial charge in [-0.15, -0.1) is 0 Å². The van der Waals surface area contributed by atoms with Crippen molar-refractivity contribution in [3.05, 3.63) is 29.3 Å². The SMILES string of the molecule is Cc1cccc(N)c1C1CCCN(C)C1. The van der Waals surface area contributed by atoms with Crippen LogP contribution in [-0.2, 0) is 0 Å². The largest absolute Gasteiger partial charge is 0.398 e. The number of anilines is 1. The van der Waals surface area contributed by atoms with Crippen LogP contribution in [0.3, 0.4) is 0 Å². The molecular formula is C13H20N2. The first-order chi connectivity index (χ1) is 7.18. The van der Waals surface area contributed by atoms with Crippen molar-refractivity contribution in [1.29, 1.82) is 0 Å². The van der Waals surface area contributed by atoms with Crippen LogP contribution in [-0.4, -0.2) is 25.0 Å². The molecule has 1 saturated heterocycles. The monoisotopic (exact) mass is 204 g/mol. The van der Waals surface area contributed by atoms with Crippen LogP contribution in [0.1, 0.15) is 29.9 Å². The molecule has 0 bridgehead atoms. The number of rotatable bonds is 1. The maximum absolute atomic E-state index is 6.08. The molecular weight excluding hydrogens is 184 g/mol. The maximum atomic E-state index is 6.08. The van der Waals surface area contributed by atoms with Crippen LogP contribution >= 0.6 is 0 Å². The molecule has 1 aliphatic heterocycles. The van der Waals surface area contributed by atoms with Crippen molar-refractivity contribution in [3.63, 3.8) is 0 Å². The number of piperidine rings is 1. The summed E-state index contributed by atoms with van der Waals surface area (Å²) in [6.45, 7) is 4.54. The Kier molecular flexibility index (Phi) is 2.96. The number of nitrogen functional groups attached to an aromatic ring is 1. The van der Waals surface area contributed by atoms with Crippen LogP contribution in [0.15, 0.2) is 18.2 Å². The molecule has 0 aliphatic carbocycles. The zero-order valence-corrected chi connectivity index (χ0v) is 9.66. The summed E-state index contributed by atoms with van der Waals surface area (Å²) in [6, 6.07) is 6.23. The normalized spacial score (nSPS) is 22.9. The molecule has 1 unspecified atom stereocenters. The average Bonchev–Trinajstić information content (AvgIpc) is 2.17. The van der Waals surface area contributed by atoms with E-state index in [0.717, 1.165) is 12.2 Å². The lowest BCUT2D eigenvalue weighted by Crippen LogP contribution is -2.31. The van der Waals surface area contributed by atoms with Gasteiger partial charge in [-0.3, -0.25) is 0 Å². The number of aryl methyl sites for hydroxylation is 1. The quantitative estimate of drug-likeness (QED) is 0.712. The molecule has 1 aliphatic rings. The van der Waals surface area contributed by atoms with E-state index in [2.05, 4.69) is 24.9 Å². The van der Waals surface area contributed by atoms with Gasteiger partial charge in [0.15, 0.2) is 0 Å². The molecule has 0 aromatic heterocycles. The molecule has 2 rings (SSSR count). The summed E-state index contributed by atoms with van der Waals surface area (Å²) in [7, 11) is 2.20. The first-order valence-electron chi connectivity index (χ1n) is 5.72. The van der Waals surface area contributed by atoms with Crippen LogP contribution in [0.5, 0.6) is 0 Å². The number of nitrogens with two attached hydrogens (primary N) is 1. The maximum Gasteiger partial charge on any atom is 0.0352 e. The standard InChI is InChI=1S/C13H20N2/c1-10-5-3-7-12(14)13(10)11-6-4-8-15(2)9-11/h3,5,7,11H,4,6,8-9,14H2,1-2H3. The van der Waals surface area contributed by atoms with E-state index >= 15 is 0 Å². The van der Waals surface area contributed by atoms with E-state index in [1.807, 2.05) is 12.1 Å². The van der Waals surface area contributed by atoms with Gasteiger partial charge in [-0.05, 0) is 56.5 Å². The molecule has 0 spiro atoms. The van der Waals surface area contributed by atoms with Crippen molar-refractivity contribution in [2.24, 2.45) is 0 Å². The Hall–Kier alpha value is -1.02. The molecule has 2 N–H and O–H groups in total. The number of hydrogen-bond acceptors (Lipinski definition) is 2. The molecule has 82 valence electrons. The van der Waals surface area contributed by atoms with Crippen molar-refractivity contribution in [3.8, 4) is 0 Å².